The van der Waals surface area contributed by atoms with E-state index in [4.69, 9.17) is 29.9 Å². The van der Waals surface area contributed by atoms with Gasteiger partial charge in [0.15, 0.2) is 23.3 Å². The van der Waals surface area contributed by atoms with Crippen LogP contribution in [0.15, 0.2) is 222 Å². The van der Waals surface area contributed by atoms with Gasteiger partial charge < -0.3 is 28.9 Å². The van der Waals surface area contributed by atoms with Gasteiger partial charge in [0.2, 0.25) is 0 Å². The molecule has 0 saturated heterocycles. The first-order valence-electron chi connectivity index (χ1n) is 26.5. The van der Waals surface area contributed by atoms with Crippen LogP contribution in [0.1, 0.15) is 22.3 Å². The number of aromatic nitrogens is 8. The Balaban J connectivity index is 1.26. The highest BCUT2D eigenvalue weighted by atomic mass is 32.4. The molecule has 0 fully saturated rings. The molecule has 8 bridgehead atoms. The van der Waals surface area contributed by atoms with E-state index >= 15 is 4.39 Å². The number of nitrogens with one attached hydrogen (secondary N) is 6. The summed E-state index contributed by atoms with van der Waals surface area (Å²) in [4.78, 5) is 41.0. The molecule has 2 aliphatic heterocycles. The molecular formula is C66H53FN12S. The standard InChI is InChI=1S/C66H53FN12S/c1-40-20-5-15-31-53(40)76-80(45-38-36-44(67)37-39-45,77-54-32-16-6-21-41(54)2,78-55-33-17-7-22-42(55)3,79-56-34-18-8-23-43(56)4)57-35-19-30-52-58(57)66-74-64-51-29-14-13-28-50(51)62(72-64)70-60-47-25-10-9-24-46(47)59(68-60)69-61-48-26-11-12-27-49(48)63(71-61)73-65(52)75-66/h5-39,76-79H,1-4H3,(H2,68,69,70,71,72,73,74,75). The molecule has 0 radical (unpaired) electrons. The Morgan fingerprint density at radius 2 is 0.650 bits per heavy atom. The number of nitrogens with zero attached hydrogens (tertiary/aromatic N) is 6. The van der Waals surface area contributed by atoms with Crippen LogP contribution in [0.2, 0.25) is 0 Å². The lowest BCUT2D eigenvalue weighted by molar-refractivity contribution is 0.626. The Bertz CT molecular complexity index is 4490. The lowest BCUT2D eigenvalue weighted by Crippen LogP contribution is -2.61. The number of halogens is 1. The van der Waals surface area contributed by atoms with Crippen LogP contribution in [-0.2, 0) is 0 Å². The van der Waals surface area contributed by atoms with E-state index in [-0.39, 0.29) is 0 Å². The zero-order chi connectivity index (χ0) is 54.2. The summed E-state index contributed by atoms with van der Waals surface area (Å²) in [6.07, 6.45) is 0. The van der Waals surface area contributed by atoms with Crippen LogP contribution >= 0.6 is 9.04 Å². The molecule has 5 heterocycles. The summed E-state index contributed by atoms with van der Waals surface area (Å²) in [7, 11) is -5.76. The Kier molecular flexibility index (Phi) is 10.8. The van der Waals surface area contributed by atoms with Crippen molar-refractivity contribution >= 4 is 75.9 Å². The summed E-state index contributed by atoms with van der Waals surface area (Å²) >= 11 is 0. The third kappa shape index (κ3) is 7.36. The lowest BCUT2D eigenvalue weighted by atomic mass is 10.1. The highest BCUT2D eigenvalue weighted by Crippen LogP contribution is 2.95. The Morgan fingerprint density at radius 1 is 0.325 bits per heavy atom. The minimum Gasteiger partial charge on any atom is -0.324 e. The summed E-state index contributed by atoms with van der Waals surface area (Å²) in [5, 5.41) is 3.15. The summed E-state index contributed by atoms with van der Waals surface area (Å²) in [5.41, 5.74) is 12.3. The van der Waals surface area contributed by atoms with Gasteiger partial charge in [-0.25, -0.2) is 34.3 Å². The number of hydrogen-bond acceptors (Lipinski definition) is 10. The largest absolute Gasteiger partial charge is 0.324 e. The molecule has 0 saturated carbocycles. The molecule has 0 aliphatic carbocycles. The first-order valence-corrected chi connectivity index (χ1v) is 28.9. The van der Waals surface area contributed by atoms with Gasteiger partial charge in [-0.1, -0.05) is 158 Å². The van der Waals surface area contributed by atoms with Crippen LogP contribution < -0.4 is 18.9 Å². The van der Waals surface area contributed by atoms with E-state index in [1.807, 2.05) is 133 Å². The molecule has 0 unspecified atom stereocenters. The zero-order valence-electron chi connectivity index (χ0n) is 44.2. The van der Waals surface area contributed by atoms with E-state index in [2.05, 4.69) is 123 Å². The normalized spacial score (nSPS) is 12.8. The average Bonchev–Trinajstić information content (AvgIpc) is 0.887. The average molecular weight is 1070 g/mol. The molecule has 12 nitrogen and oxygen atoms in total. The molecule has 12 aromatic rings. The first-order chi connectivity index (χ1) is 39.0. The quantitative estimate of drug-likeness (QED) is 0.0779. The van der Waals surface area contributed by atoms with Crippen LogP contribution in [0.3, 0.4) is 0 Å². The SMILES string of the molecule is Cc1ccccc1NS(Nc1ccccc1C)(Nc1ccccc1C)(Nc1ccccc1C)(c1ccc(F)cc1)c1cccc2c3nc4nc(nc5[nH]c(nc6nc(nc([nH]3)c12)-c1ccccc1-6)c1ccccc51)-c1ccccc1-4. The van der Waals surface area contributed by atoms with Crippen molar-refractivity contribution in [2.24, 2.45) is 0 Å². The fourth-order valence-corrected chi connectivity index (χ4v) is 18.0. The second kappa shape index (κ2) is 17.9. The summed E-state index contributed by atoms with van der Waals surface area (Å²) in [6.45, 7) is 8.37. The Hall–Kier alpha value is -10.2. The Labute approximate surface area is 460 Å². The zero-order valence-corrected chi connectivity index (χ0v) is 45.0. The van der Waals surface area contributed by atoms with E-state index in [0.29, 0.717) is 66.4 Å². The monoisotopic (exact) mass is 1060 g/mol. The molecule has 0 spiro atoms. The summed E-state index contributed by atoms with van der Waals surface area (Å²) in [5.74, 6) is 1.47. The number of aromatic amines is 2. The van der Waals surface area contributed by atoms with E-state index in [1.165, 1.54) is 12.1 Å². The number of fused-ring (bicyclic) bond motifs is 20. The highest BCUT2D eigenvalue weighted by molar-refractivity contribution is 8.68. The maximum atomic E-state index is 16.2. The van der Waals surface area contributed by atoms with Crippen molar-refractivity contribution in [1.82, 2.24) is 39.9 Å². The van der Waals surface area contributed by atoms with Crippen molar-refractivity contribution in [3.63, 3.8) is 0 Å². The van der Waals surface area contributed by atoms with Crippen molar-refractivity contribution in [1.29, 1.82) is 0 Å². The van der Waals surface area contributed by atoms with Gasteiger partial charge in [0.1, 0.15) is 28.4 Å². The smallest absolute Gasteiger partial charge is 0.164 e. The molecule has 3 aromatic heterocycles. The molecule has 14 heteroatoms. The van der Waals surface area contributed by atoms with Gasteiger partial charge in [0.05, 0.1) is 4.90 Å². The molecule has 0 amide bonds. The number of rotatable bonds is 10. The number of hydrogen-bond donors (Lipinski definition) is 6. The fourth-order valence-electron chi connectivity index (χ4n) is 11.4. The van der Waals surface area contributed by atoms with E-state index < -0.39 is 14.9 Å². The number of anilines is 4. The third-order valence-electron chi connectivity index (χ3n) is 15.5. The van der Waals surface area contributed by atoms with Crippen LogP contribution in [0.5, 0.6) is 0 Å². The number of benzene rings is 9. The number of para-hydroxylation sites is 4. The summed E-state index contributed by atoms with van der Waals surface area (Å²) in [6, 6.07) is 70.1. The molecule has 9 aromatic carbocycles. The second-order valence-corrected chi connectivity index (χ2v) is 25.4. The molecule has 0 atom stereocenters. The maximum Gasteiger partial charge on any atom is 0.164 e. The van der Waals surface area contributed by atoms with Crippen molar-refractivity contribution in [2.75, 3.05) is 18.9 Å². The van der Waals surface area contributed by atoms with Gasteiger partial charge in [0, 0.05) is 71.4 Å². The van der Waals surface area contributed by atoms with Gasteiger partial charge >= 0.3 is 0 Å². The highest BCUT2D eigenvalue weighted by Gasteiger charge is 2.65. The number of aryl methyl sites for hydroxylation is 4. The van der Waals surface area contributed by atoms with Crippen LogP contribution in [0, 0.1) is 33.5 Å². The van der Waals surface area contributed by atoms with Crippen molar-refractivity contribution < 1.29 is 4.39 Å². The minimum atomic E-state index is -5.76. The van der Waals surface area contributed by atoms with Gasteiger partial charge in [-0.15, -0.1) is 0 Å². The van der Waals surface area contributed by atoms with Crippen molar-refractivity contribution in [2.45, 2.75) is 37.5 Å². The maximum absolute atomic E-state index is 16.2. The predicted octanol–water partition coefficient (Wildman–Crippen LogP) is 16.6. The minimum absolute atomic E-state index is 0.406. The lowest BCUT2D eigenvalue weighted by Gasteiger charge is -2.82. The third-order valence-corrected chi connectivity index (χ3v) is 21.3. The van der Waals surface area contributed by atoms with Crippen LogP contribution in [0.25, 0.3) is 89.7 Å². The molecular weight excluding hydrogens is 1010 g/mol. The van der Waals surface area contributed by atoms with Gasteiger partial charge in [-0.2, -0.15) is 0 Å². The molecule has 14 rings (SSSR count). The first kappa shape index (κ1) is 48.2. The molecule has 6 N–H and O–H groups in total. The van der Waals surface area contributed by atoms with E-state index in [0.717, 1.165) is 78.0 Å². The van der Waals surface area contributed by atoms with Gasteiger partial charge in [-0.05, 0) is 114 Å². The van der Waals surface area contributed by atoms with E-state index in [1.54, 1.807) is 0 Å². The van der Waals surface area contributed by atoms with Crippen molar-refractivity contribution in [3.8, 4) is 45.6 Å². The fraction of sp³-hybridized carbons (Fsp3) is 0.0606. The topological polar surface area (TPSA) is 157 Å². The van der Waals surface area contributed by atoms with Gasteiger partial charge in [-0.3, -0.25) is 0 Å². The second-order valence-electron chi connectivity index (χ2n) is 20.6. The molecule has 80 heavy (non-hydrogen) atoms. The summed E-state index contributed by atoms with van der Waals surface area (Å²) < 4.78 is 33.9. The van der Waals surface area contributed by atoms with E-state index in [9.17, 15) is 0 Å². The molecule has 2 aliphatic rings. The van der Waals surface area contributed by atoms with Gasteiger partial charge in [0.25, 0.3) is 0 Å². The van der Waals surface area contributed by atoms with Crippen molar-refractivity contribution in [3.05, 3.63) is 240 Å². The predicted molar refractivity (Wildman–Crippen MR) is 326 cm³/mol. The van der Waals surface area contributed by atoms with Crippen LogP contribution in [-0.4, -0.2) is 39.9 Å². The number of H-pyrrole nitrogens is 2. The van der Waals surface area contributed by atoms with Crippen LogP contribution in [0.4, 0.5) is 27.1 Å². The molecule has 390 valence electrons. The Morgan fingerprint density at radius 3 is 1.05 bits per heavy atom.